The second kappa shape index (κ2) is 10.6. The summed E-state index contributed by atoms with van der Waals surface area (Å²) in [6, 6.07) is 9.43. The molecule has 1 N–H and O–H groups in total. The molecule has 4 rings (SSSR count). The lowest BCUT2D eigenvalue weighted by atomic mass is 9.72. The van der Waals surface area contributed by atoms with Gasteiger partial charge in [-0.1, -0.05) is 44.1 Å². The van der Waals surface area contributed by atoms with Crippen LogP contribution in [0.3, 0.4) is 0 Å². The maximum Gasteiger partial charge on any atom is 0.235 e. The number of hydrogen-bond donors (Lipinski definition) is 1. The Bertz CT molecular complexity index is 1250. The van der Waals surface area contributed by atoms with Crippen LogP contribution in [0.2, 0.25) is 5.02 Å². The van der Waals surface area contributed by atoms with E-state index < -0.39 is 0 Å². The van der Waals surface area contributed by atoms with Crippen molar-refractivity contribution in [3.05, 3.63) is 51.1 Å². The van der Waals surface area contributed by atoms with Crippen LogP contribution in [-0.2, 0) is 31.3 Å². The van der Waals surface area contributed by atoms with Gasteiger partial charge in [0.15, 0.2) is 11.0 Å². The van der Waals surface area contributed by atoms with Crippen molar-refractivity contribution in [1.29, 1.82) is 5.26 Å². The number of hydrogen-bond acceptors (Lipinski definition) is 7. The van der Waals surface area contributed by atoms with Crippen LogP contribution in [0.5, 0.6) is 5.75 Å². The summed E-state index contributed by atoms with van der Waals surface area (Å²) >= 11 is 8.75. The minimum absolute atomic E-state index is 0.167. The molecule has 1 amide bonds. The predicted octanol–water partition coefficient (Wildman–Crippen LogP) is 5.86. The first kappa shape index (κ1) is 25.5. The van der Waals surface area contributed by atoms with Gasteiger partial charge in [-0.15, -0.1) is 21.5 Å². The zero-order chi connectivity index (χ0) is 25.2. The molecule has 35 heavy (non-hydrogen) atoms. The fourth-order valence-electron chi connectivity index (χ4n) is 4.10. The number of ether oxygens (including phenoxy) is 1. The van der Waals surface area contributed by atoms with E-state index in [4.69, 9.17) is 16.3 Å². The molecule has 3 aromatic rings. The van der Waals surface area contributed by atoms with Crippen LogP contribution < -0.4 is 10.1 Å². The van der Waals surface area contributed by atoms with Crippen molar-refractivity contribution in [3.8, 4) is 11.8 Å². The molecular weight excluding hydrogens is 502 g/mol. The third-order valence-corrected chi connectivity index (χ3v) is 8.74. The second-order valence-corrected chi connectivity index (χ2v) is 12.1. The highest BCUT2D eigenvalue weighted by atomic mass is 35.5. The van der Waals surface area contributed by atoms with Crippen molar-refractivity contribution in [3.63, 3.8) is 0 Å². The fourth-order valence-corrected chi connectivity index (χ4v) is 6.25. The number of fused-ring (bicyclic) bond motifs is 1. The number of nitrogens with zero attached hydrogens (tertiary/aromatic N) is 4. The van der Waals surface area contributed by atoms with Crippen LogP contribution in [0.4, 0.5) is 5.00 Å². The van der Waals surface area contributed by atoms with Gasteiger partial charge >= 0.3 is 0 Å². The van der Waals surface area contributed by atoms with Crippen LogP contribution in [0, 0.1) is 22.7 Å². The summed E-state index contributed by atoms with van der Waals surface area (Å²) in [5.74, 6) is 1.91. The number of rotatable bonds is 7. The average molecular weight is 530 g/mol. The molecule has 0 saturated heterocycles. The van der Waals surface area contributed by atoms with Crippen molar-refractivity contribution in [2.75, 3.05) is 11.1 Å². The quantitative estimate of drug-likeness (QED) is 0.385. The second-order valence-electron chi connectivity index (χ2n) is 9.66. The van der Waals surface area contributed by atoms with Gasteiger partial charge < -0.3 is 14.6 Å². The van der Waals surface area contributed by atoms with Gasteiger partial charge in [0.2, 0.25) is 5.91 Å². The standard InChI is InChI=1S/C25H28ClN5O2S2/c1-25(2,3)15-5-10-18-19(12-27)23(35-20(18)11-15)28-22(32)14-34-24-30-29-21(31(24)4)13-33-17-8-6-16(26)7-9-17/h6-9,15H,5,10-11,13-14H2,1-4H3,(H,28,32). The molecular formula is C25H28ClN5O2S2. The molecule has 0 bridgehead atoms. The van der Waals surface area contributed by atoms with E-state index in [9.17, 15) is 10.1 Å². The van der Waals surface area contributed by atoms with Gasteiger partial charge in [-0.25, -0.2) is 0 Å². The first-order chi connectivity index (χ1) is 16.7. The van der Waals surface area contributed by atoms with E-state index in [1.165, 1.54) is 16.6 Å². The maximum absolute atomic E-state index is 12.7. The number of anilines is 1. The number of carbonyl (C=O) groups excluding carboxylic acids is 1. The Kier molecular flexibility index (Phi) is 7.74. The van der Waals surface area contributed by atoms with Crippen molar-refractivity contribution in [1.82, 2.24) is 14.8 Å². The molecule has 1 unspecified atom stereocenters. The molecule has 1 atom stereocenters. The summed E-state index contributed by atoms with van der Waals surface area (Å²) in [6.45, 7) is 7.05. The monoisotopic (exact) mass is 529 g/mol. The van der Waals surface area contributed by atoms with E-state index in [1.807, 2.05) is 11.6 Å². The average Bonchev–Trinajstić information content (AvgIpc) is 3.35. The number of carbonyl (C=O) groups is 1. The normalized spacial score (nSPS) is 15.4. The number of thiophene rings is 1. The Labute approximate surface area is 218 Å². The highest BCUT2D eigenvalue weighted by Crippen LogP contribution is 2.44. The Morgan fingerprint density at radius 1 is 1.34 bits per heavy atom. The van der Waals surface area contributed by atoms with E-state index in [1.54, 1.807) is 35.6 Å². The summed E-state index contributed by atoms with van der Waals surface area (Å²) in [5, 5.41) is 23.0. The van der Waals surface area contributed by atoms with Crippen molar-refractivity contribution in [2.45, 2.75) is 51.8 Å². The molecule has 2 heterocycles. The molecule has 0 fully saturated rings. The highest BCUT2D eigenvalue weighted by molar-refractivity contribution is 7.99. The number of benzene rings is 1. The fraction of sp³-hybridized carbons (Fsp3) is 0.440. The molecule has 0 radical (unpaired) electrons. The van der Waals surface area contributed by atoms with Crippen LogP contribution in [-0.4, -0.2) is 26.4 Å². The summed E-state index contributed by atoms with van der Waals surface area (Å²) in [4.78, 5) is 13.9. The van der Waals surface area contributed by atoms with Gasteiger partial charge in [0.05, 0.1) is 11.3 Å². The number of aromatic nitrogens is 3. The molecule has 184 valence electrons. The van der Waals surface area contributed by atoms with Gasteiger partial charge in [-0.3, -0.25) is 4.79 Å². The van der Waals surface area contributed by atoms with Gasteiger partial charge in [-0.2, -0.15) is 5.26 Å². The van der Waals surface area contributed by atoms with Crippen LogP contribution in [0.1, 0.15) is 49.0 Å². The summed E-state index contributed by atoms with van der Waals surface area (Å²) in [5.41, 5.74) is 1.96. The van der Waals surface area contributed by atoms with Crippen molar-refractivity contribution < 1.29 is 9.53 Å². The minimum atomic E-state index is -0.167. The third kappa shape index (κ3) is 6.00. The number of amides is 1. The number of halogens is 1. The molecule has 10 heteroatoms. The van der Waals surface area contributed by atoms with E-state index in [0.29, 0.717) is 38.2 Å². The Balaban J connectivity index is 1.35. The molecule has 1 aromatic carbocycles. The van der Waals surface area contributed by atoms with Crippen LogP contribution in [0.15, 0.2) is 29.4 Å². The van der Waals surface area contributed by atoms with E-state index >= 15 is 0 Å². The number of nitriles is 1. The van der Waals surface area contributed by atoms with Crippen LogP contribution in [0.25, 0.3) is 0 Å². The molecule has 1 aliphatic rings. The largest absolute Gasteiger partial charge is 0.486 e. The van der Waals surface area contributed by atoms with Gasteiger partial charge in [0, 0.05) is 16.9 Å². The van der Waals surface area contributed by atoms with E-state index in [0.717, 1.165) is 24.8 Å². The van der Waals surface area contributed by atoms with E-state index in [2.05, 4.69) is 42.4 Å². The topological polar surface area (TPSA) is 92.8 Å². The highest BCUT2D eigenvalue weighted by Gasteiger charge is 2.32. The zero-order valence-corrected chi connectivity index (χ0v) is 22.6. The Hall–Kier alpha value is -2.54. The van der Waals surface area contributed by atoms with Gasteiger partial charge in [-0.05, 0) is 60.4 Å². The molecule has 1 aliphatic carbocycles. The number of thioether (sulfide) groups is 1. The zero-order valence-electron chi connectivity index (χ0n) is 20.2. The maximum atomic E-state index is 12.7. The number of nitrogens with one attached hydrogen (secondary N) is 1. The van der Waals surface area contributed by atoms with Crippen molar-refractivity contribution >= 4 is 45.6 Å². The molecule has 0 saturated carbocycles. The van der Waals surface area contributed by atoms with Gasteiger partial charge in [0.25, 0.3) is 0 Å². The smallest absolute Gasteiger partial charge is 0.235 e. The Morgan fingerprint density at radius 3 is 2.77 bits per heavy atom. The predicted molar refractivity (Wildman–Crippen MR) is 140 cm³/mol. The third-order valence-electron chi connectivity index (χ3n) is 6.29. The lowest BCUT2D eigenvalue weighted by Gasteiger charge is -2.33. The summed E-state index contributed by atoms with van der Waals surface area (Å²) < 4.78 is 7.55. The molecule has 0 spiro atoms. The Morgan fingerprint density at radius 2 is 2.09 bits per heavy atom. The van der Waals surface area contributed by atoms with E-state index in [-0.39, 0.29) is 23.7 Å². The minimum Gasteiger partial charge on any atom is -0.486 e. The first-order valence-electron chi connectivity index (χ1n) is 11.4. The van der Waals surface area contributed by atoms with Crippen molar-refractivity contribution in [2.24, 2.45) is 18.4 Å². The summed E-state index contributed by atoms with van der Waals surface area (Å²) in [7, 11) is 1.84. The van der Waals surface area contributed by atoms with Gasteiger partial charge in [0.1, 0.15) is 23.4 Å². The molecule has 0 aliphatic heterocycles. The summed E-state index contributed by atoms with van der Waals surface area (Å²) in [6.07, 6.45) is 2.92. The SMILES string of the molecule is Cn1c(COc2ccc(Cl)cc2)nnc1SCC(=O)Nc1sc2c(c1C#N)CCC(C(C)(C)C)C2. The molecule has 7 nitrogen and oxygen atoms in total. The van der Waals surface area contributed by atoms with Crippen LogP contribution >= 0.6 is 34.7 Å². The lowest BCUT2D eigenvalue weighted by Crippen LogP contribution is -2.26. The molecule has 2 aromatic heterocycles. The lowest BCUT2D eigenvalue weighted by molar-refractivity contribution is -0.113. The first-order valence-corrected chi connectivity index (χ1v) is 13.6.